The Bertz CT molecular complexity index is 813. The summed E-state index contributed by atoms with van der Waals surface area (Å²) in [5, 5.41) is 9.74. The molecule has 7 nitrogen and oxygen atoms in total. The van der Waals surface area contributed by atoms with Crippen molar-refractivity contribution < 1.29 is 23.8 Å². The molecule has 0 aromatic heterocycles. The molecule has 8 heteroatoms. The van der Waals surface area contributed by atoms with E-state index in [9.17, 15) is 14.6 Å². The minimum Gasteiger partial charge on any atom is -0.497 e. The van der Waals surface area contributed by atoms with E-state index in [1.54, 1.807) is 41.5 Å². The first-order valence-electron chi connectivity index (χ1n) is 8.72. The summed E-state index contributed by atoms with van der Waals surface area (Å²) in [4.78, 5) is 12.4. The van der Waals surface area contributed by atoms with Crippen LogP contribution in [0.25, 0.3) is 0 Å². The molecule has 0 bridgehead atoms. The molecular weight excluding hydrogens is 367 g/mol. The van der Waals surface area contributed by atoms with Crippen molar-refractivity contribution in [1.82, 2.24) is 10.2 Å². The minimum absolute atomic E-state index is 0.302. The van der Waals surface area contributed by atoms with E-state index in [1.807, 2.05) is 30.3 Å². The maximum Gasteiger partial charge on any atom is 0.303 e. The molecule has 1 fully saturated rings. The van der Waals surface area contributed by atoms with Crippen LogP contribution in [0, 0.1) is 0 Å². The second-order valence-corrected chi connectivity index (χ2v) is 8.58. The van der Waals surface area contributed by atoms with Gasteiger partial charge in [-0.2, -0.15) is 0 Å². The van der Waals surface area contributed by atoms with Gasteiger partial charge in [0.2, 0.25) is 0 Å². The molecule has 0 saturated carbocycles. The number of amides is 1. The fourth-order valence-electron chi connectivity index (χ4n) is 3.20. The lowest BCUT2D eigenvalue weighted by molar-refractivity contribution is -0.133. The molecule has 2 aromatic rings. The molecule has 1 aliphatic rings. The van der Waals surface area contributed by atoms with Gasteiger partial charge in [-0.15, -0.1) is 0 Å². The van der Waals surface area contributed by atoms with Gasteiger partial charge in [-0.25, -0.2) is 10.2 Å². The van der Waals surface area contributed by atoms with E-state index in [4.69, 9.17) is 9.26 Å². The fourth-order valence-corrected chi connectivity index (χ4v) is 5.65. The highest BCUT2D eigenvalue weighted by molar-refractivity contribution is 7.64. The van der Waals surface area contributed by atoms with Gasteiger partial charge in [-0.3, -0.25) is 14.6 Å². The van der Waals surface area contributed by atoms with Crippen LogP contribution >= 0.6 is 7.52 Å². The number of carbonyl (C=O) groups excluding carboxylic acids is 1. The molecule has 27 heavy (non-hydrogen) atoms. The van der Waals surface area contributed by atoms with Gasteiger partial charge in [0.15, 0.2) is 0 Å². The van der Waals surface area contributed by atoms with Gasteiger partial charge in [0, 0.05) is 6.54 Å². The van der Waals surface area contributed by atoms with Crippen LogP contribution < -0.4 is 15.5 Å². The summed E-state index contributed by atoms with van der Waals surface area (Å²) in [6, 6.07) is 15.4. The monoisotopic (exact) mass is 390 g/mol. The van der Waals surface area contributed by atoms with Crippen LogP contribution in [0.2, 0.25) is 0 Å². The molecule has 2 atom stereocenters. The van der Waals surface area contributed by atoms with Crippen LogP contribution in [0.1, 0.15) is 12.0 Å². The van der Waals surface area contributed by atoms with Crippen LogP contribution in [0.3, 0.4) is 0 Å². The molecule has 144 valence electrons. The molecule has 0 spiro atoms. The molecule has 1 amide bonds. The first kappa shape index (κ1) is 19.6. The lowest BCUT2D eigenvalue weighted by Crippen LogP contribution is -2.49. The smallest absolute Gasteiger partial charge is 0.303 e. The summed E-state index contributed by atoms with van der Waals surface area (Å²) in [5.41, 5.74) is 2.61. The van der Waals surface area contributed by atoms with Crippen molar-refractivity contribution in [3.05, 3.63) is 60.2 Å². The van der Waals surface area contributed by atoms with Gasteiger partial charge < -0.3 is 9.26 Å². The standard InChI is InChI=1S/C19H23N2O5P/c1-25-16-8-10-17(11-9-16)27(24)21(12-5-13-26-27)18(19(22)20-23)14-15-6-3-2-4-7-15/h2-4,6-11,18,23H,5,12-14H2,1H3,(H,20,22). The average Bonchev–Trinajstić information content (AvgIpc) is 2.73. The Kier molecular flexibility index (Phi) is 6.29. The number of hydrogen-bond donors (Lipinski definition) is 2. The van der Waals surface area contributed by atoms with Crippen molar-refractivity contribution in [3.63, 3.8) is 0 Å². The highest BCUT2D eigenvalue weighted by atomic mass is 31.2. The van der Waals surface area contributed by atoms with Crippen molar-refractivity contribution in [2.24, 2.45) is 0 Å². The molecule has 1 aliphatic heterocycles. The number of hydrogen-bond acceptors (Lipinski definition) is 5. The van der Waals surface area contributed by atoms with Gasteiger partial charge in [-0.05, 0) is 42.7 Å². The number of hydroxylamine groups is 1. The zero-order valence-electron chi connectivity index (χ0n) is 15.1. The predicted octanol–water partition coefficient (Wildman–Crippen LogP) is 2.35. The third-order valence-electron chi connectivity index (χ3n) is 4.58. The van der Waals surface area contributed by atoms with Crippen molar-refractivity contribution in [2.75, 3.05) is 20.3 Å². The van der Waals surface area contributed by atoms with Crippen LogP contribution in [0.15, 0.2) is 54.6 Å². The summed E-state index contributed by atoms with van der Waals surface area (Å²) in [5.74, 6) is 0.0286. The largest absolute Gasteiger partial charge is 0.497 e. The Morgan fingerprint density at radius 3 is 2.59 bits per heavy atom. The summed E-state index contributed by atoms with van der Waals surface area (Å²) in [7, 11) is -1.90. The summed E-state index contributed by atoms with van der Waals surface area (Å²) < 4.78 is 26.3. The van der Waals surface area contributed by atoms with E-state index in [2.05, 4.69) is 0 Å². The first-order chi connectivity index (χ1) is 13.1. The third kappa shape index (κ3) is 4.22. The van der Waals surface area contributed by atoms with Gasteiger partial charge in [0.1, 0.15) is 11.8 Å². The van der Waals surface area contributed by atoms with E-state index >= 15 is 0 Å². The SMILES string of the molecule is COc1ccc(P2(=O)OCCCN2C(Cc2ccccc2)C(=O)NO)cc1. The Balaban J connectivity index is 1.96. The molecular formula is C19H23N2O5P. The Morgan fingerprint density at radius 2 is 1.96 bits per heavy atom. The first-order valence-corrected chi connectivity index (χ1v) is 10.3. The van der Waals surface area contributed by atoms with Crippen LogP contribution in [-0.2, 0) is 20.3 Å². The molecule has 3 rings (SSSR count). The van der Waals surface area contributed by atoms with Gasteiger partial charge in [-0.1, -0.05) is 30.3 Å². The molecule has 2 N–H and O–H groups in total. The molecule has 0 radical (unpaired) electrons. The molecule has 0 aliphatic carbocycles. The predicted molar refractivity (Wildman–Crippen MR) is 101 cm³/mol. The normalized spacial score (nSPS) is 21.4. The zero-order chi connectivity index (χ0) is 19.3. The number of benzene rings is 2. The third-order valence-corrected chi connectivity index (χ3v) is 7.22. The second-order valence-electron chi connectivity index (χ2n) is 6.25. The number of carbonyl (C=O) groups is 1. The molecule has 2 aromatic carbocycles. The Labute approximate surface area is 158 Å². The lowest BCUT2D eigenvalue weighted by atomic mass is 10.1. The van der Waals surface area contributed by atoms with Crippen LogP contribution in [0.4, 0.5) is 0 Å². The number of nitrogens with one attached hydrogen (secondary N) is 1. The van der Waals surface area contributed by atoms with Gasteiger partial charge >= 0.3 is 7.52 Å². The van der Waals surface area contributed by atoms with Crippen molar-refractivity contribution >= 4 is 18.7 Å². The molecule has 1 heterocycles. The number of methoxy groups -OCH3 is 1. The van der Waals surface area contributed by atoms with E-state index in [-0.39, 0.29) is 0 Å². The van der Waals surface area contributed by atoms with E-state index < -0.39 is 19.5 Å². The minimum atomic E-state index is -3.46. The highest BCUT2D eigenvalue weighted by Crippen LogP contribution is 2.53. The topological polar surface area (TPSA) is 88.1 Å². The van der Waals surface area contributed by atoms with E-state index in [1.165, 1.54) is 0 Å². The number of rotatable bonds is 6. The molecule has 1 saturated heterocycles. The van der Waals surface area contributed by atoms with Crippen molar-refractivity contribution in [3.8, 4) is 5.75 Å². The molecule has 2 unspecified atom stereocenters. The highest BCUT2D eigenvalue weighted by Gasteiger charge is 2.43. The second kappa shape index (κ2) is 8.67. The summed E-state index contributed by atoms with van der Waals surface area (Å²) in [6.07, 6.45) is 0.945. The lowest BCUT2D eigenvalue weighted by Gasteiger charge is -2.39. The average molecular weight is 390 g/mol. The summed E-state index contributed by atoms with van der Waals surface area (Å²) >= 11 is 0. The van der Waals surface area contributed by atoms with Gasteiger partial charge in [0.05, 0.1) is 19.0 Å². The Morgan fingerprint density at radius 1 is 1.26 bits per heavy atom. The van der Waals surface area contributed by atoms with Crippen molar-refractivity contribution in [1.29, 1.82) is 0 Å². The van der Waals surface area contributed by atoms with E-state index in [0.717, 1.165) is 5.56 Å². The number of ether oxygens (including phenoxy) is 1. The maximum atomic E-state index is 13.8. The van der Waals surface area contributed by atoms with Crippen molar-refractivity contribution in [2.45, 2.75) is 18.9 Å². The maximum absolute atomic E-state index is 13.8. The summed E-state index contributed by atoms with van der Waals surface area (Å²) in [6.45, 7) is 0.771. The van der Waals surface area contributed by atoms with Gasteiger partial charge in [0.25, 0.3) is 5.91 Å². The quantitative estimate of drug-likeness (QED) is 0.447. The van der Waals surface area contributed by atoms with Crippen LogP contribution in [0.5, 0.6) is 5.75 Å². The fraction of sp³-hybridized carbons (Fsp3) is 0.316. The number of nitrogens with zero attached hydrogens (tertiary/aromatic N) is 1. The van der Waals surface area contributed by atoms with Crippen LogP contribution in [-0.4, -0.2) is 42.1 Å². The zero-order valence-corrected chi connectivity index (χ0v) is 16.0. The Hall–Kier alpha value is -2.18. The van der Waals surface area contributed by atoms with E-state index in [0.29, 0.717) is 37.0 Å².